The molecule has 17 heavy (non-hydrogen) atoms. The molecule has 0 amide bonds. The van der Waals surface area contributed by atoms with Gasteiger partial charge in [-0.3, -0.25) is 0 Å². The number of para-hydroxylation sites is 1. The Morgan fingerprint density at radius 2 is 1.94 bits per heavy atom. The minimum absolute atomic E-state index is 0.00577. The summed E-state index contributed by atoms with van der Waals surface area (Å²) in [5.74, 6) is 0.690. The second-order valence-corrected chi connectivity index (χ2v) is 4.87. The lowest BCUT2D eigenvalue weighted by molar-refractivity contribution is 0.152. The van der Waals surface area contributed by atoms with Crippen molar-refractivity contribution in [2.45, 2.75) is 38.2 Å². The first-order valence-corrected chi connectivity index (χ1v) is 6.50. The highest BCUT2D eigenvalue weighted by molar-refractivity contribution is 6.32. The highest BCUT2D eigenvalue weighted by Crippen LogP contribution is 2.30. The van der Waals surface area contributed by atoms with E-state index in [0.29, 0.717) is 10.8 Å². The summed E-state index contributed by atoms with van der Waals surface area (Å²) in [6.45, 7) is 0. The Bertz CT molecular complexity index is 413. The van der Waals surface area contributed by atoms with Gasteiger partial charge in [0.1, 0.15) is 11.9 Å². The fraction of sp³-hybridized carbons (Fsp3) is 0.500. The maximum atomic E-state index is 9.17. The van der Waals surface area contributed by atoms with E-state index >= 15 is 0 Å². The van der Waals surface area contributed by atoms with E-state index in [0.717, 1.165) is 25.7 Å². The minimum Gasteiger partial charge on any atom is -0.488 e. The Balaban J connectivity index is 2.10. The van der Waals surface area contributed by atoms with E-state index in [1.807, 2.05) is 24.3 Å². The molecule has 0 aromatic heterocycles. The summed E-state index contributed by atoms with van der Waals surface area (Å²) in [4.78, 5) is 0. The number of nitrogens with zero attached hydrogens (tertiary/aromatic N) is 1. The highest BCUT2D eigenvalue weighted by Gasteiger charge is 2.25. The van der Waals surface area contributed by atoms with E-state index in [4.69, 9.17) is 16.3 Å². The van der Waals surface area contributed by atoms with E-state index in [9.17, 15) is 5.26 Å². The van der Waals surface area contributed by atoms with Crippen molar-refractivity contribution < 1.29 is 4.74 Å². The van der Waals surface area contributed by atoms with Crippen molar-refractivity contribution in [1.29, 1.82) is 5.26 Å². The van der Waals surface area contributed by atoms with Gasteiger partial charge >= 0.3 is 0 Å². The molecule has 0 bridgehead atoms. The lowest BCUT2D eigenvalue weighted by atomic mass is 9.99. The summed E-state index contributed by atoms with van der Waals surface area (Å²) < 4.78 is 5.92. The van der Waals surface area contributed by atoms with Crippen LogP contribution in [-0.2, 0) is 0 Å². The average Bonchev–Trinajstić information content (AvgIpc) is 2.57. The van der Waals surface area contributed by atoms with Gasteiger partial charge in [0.05, 0.1) is 17.0 Å². The van der Waals surface area contributed by atoms with Crippen LogP contribution in [0.25, 0.3) is 0 Å². The Labute approximate surface area is 107 Å². The molecule has 2 rings (SSSR count). The Hall–Kier alpha value is -1.20. The van der Waals surface area contributed by atoms with Crippen molar-refractivity contribution in [2.75, 3.05) is 0 Å². The second kappa shape index (κ2) is 5.93. The molecule has 90 valence electrons. The number of nitriles is 1. The maximum Gasteiger partial charge on any atom is 0.138 e. The van der Waals surface area contributed by atoms with Gasteiger partial charge in [0.25, 0.3) is 0 Å². The van der Waals surface area contributed by atoms with Crippen molar-refractivity contribution in [2.24, 2.45) is 5.92 Å². The van der Waals surface area contributed by atoms with Crippen LogP contribution in [0.15, 0.2) is 24.3 Å². The van der Waals surface area contributed by atoms with Crippen LogP contribution in [0.4, 0.5) is 0 Å². The Morgan fingerprint density at radius 1 is 1.18 bits per heavy atom. The van der Waals surface area contributed by atoms with Crippen molar-refractivity contribution in [3.8, 4) is 11.8 Å². The average molecular weight is 250 g/mol. The van der Waals surface area contributed by atoms with Crippen LogP contribution in [0.1, 0.15) is 32.1 Å². The van der Waals surface area contributed by atoms with E-state index < -0.39 is 0 Å². The van der Waals surface area contributed by atoms with Crippen LogP contribution in [0, 0.1) is 17.2 Å². The summed E-state index contributed by atoms with van der Waals surface area (Å²) in [6.07, 6.45) is 5.33. The predicted molar refractivity (Wildman–Crippen MR) is 68.1 cm³/mol. The SMILES string of the molecule is N#CC1CCCCCC1Oc1ccccc1Cl. The first-order chi connectivity index (χ1) is 8.31. The number of ether oxygens (including phenoxy) is 1. The Kier molecular flexibility index (Phi) is 4.28. The zero-order valence-corrected chi connectivity index (χ0v) is 10.5. The molecule has 0 saturated heterocycles. The number of benzene rings is 1. The van der Waals surface area contributed by atoms with Crippen LogP contribution in [0.2, 0.25) is 5.02 Å². The molecule has 0 aliphatic heterocycles. The van der Waals surface area contributed by atoms with E-state index in [1.54, 1.807) is 0 Å². The molecular formula is C14H16ClNO. The van der Waals surface area contributed by atoms with E-state index in [1.165, 1.54) is 6.42 Å². The lowest BCUT2D eigenvalue weighted by Gasteiger charge is -2.21. The van der Waals surface area contributed by atoms with Crippen molar-refractivity contribution in [3.05, 3.63) is 29.3 Å². The molecule has 1 aromatic rings. The van der Waals surface area contributed by atoms with Gasteiger partial charge in [-0.05, 0) is 31.4 Å². The van der Waals surface area contributed by atoms with Gasteiger partial charge in [-0.15, -0.1) is 0 Å². The zero-order chi connectivity index (χ0) is 12.1. The van der Waals surface area contributed by atoms with Crippen molar-refractivity contribution >= 4 is 11.6 Å². The van der Waals surface area contributed by atoms with Crippen LogP contribution in [-0.4, -0.2) is 6.10 Å². The number of hydrogen-bond acceptors (Lipinski definition) is 2. The molecule has 0 radical (unpaired) electrons. The third kappa shape index (κ3) is 3.14. The normalized spacial score (nSPS) is 24.7. The van der Waals surface area contributed by atoms with Gasteiger partial charge in [0.15, 0.2) is 0 Å². The Morgan fingerprint density at radius 3 is 2.71 bits per heavy atom. The molecular weight excluding hydrogens is 234 g/mol. The molecule has 1 saturated carbocycles. The van der Waals surface area contributed by atoms with Gasteiger partial charge in [0, 0.05) is 0 Å². The largest absolute Gasteiger partial charge is 0.488 e. The van der Waals surface area contributed by atoms with Gasteiger partial charge in [-0.25, -0.2) is 0 Å². The smallest absolute Gasteiger partial charge is 0.138 e. The molecule has 2 unspecified atom stereocenters. The van der Waals surface area contributed by atoms with Crippen LogP contribution in [0.3, 0.4) is 0 Å². The van der Waals surface area contributed by atoms with Crippen LogP contribution < -0.4 is 4.74 Å². The standard InChI is InChI=1S/C14H16ClNO/c15-12-7-4-5-9-14(12)17-13-8-3-1-2-6-11(13)10-16/h4-5,7,9,11,13H,1-3,6,8H2. The van der Waals surface area contributed by atoms with E-state index in [-0.39, 0.29) is 12.0 Å². The fourth-order valence-electron chi connectivity index (χ4n) is 2.27. The number of halogens is 1. The summed E-state index contributed by atoms with van der Waals surface area (Å²) in [7, 11) is 0. The molecule has 1 aliphatic rings. The summed E-state index contributed by atoms with van der Waals surface area (Å²) in [5.41, 5.74) is 0. The maximum absolute atomic E-state index is 9.17. The first-order valence-electron chi connectivity index (χ1n) is 6.12. The predicted octanol–water partition coefficient (Wildman–Crippen LogP) is 4.19. The van der Waals surface area contributed by atoms with Gasteiger partial charge in [-0.1, -0.05) is 36.6 Å². The minimum atomic E-state index is -0.0117. The van der Waals surface area contributed by atoms with Crippen molar-refractivity contribution in [3.63, 3.8) is 0 Å². The first kappa shape index (κ1) is 12.3. The van der Waals surface area contributed by atoms with Crippen LogP contribution >= 0.6 is 11.6 Å². The number of rotatable bonds is 2. The molecule has 1 aromatic carbocycles. The summed E-state index contributed by atoms with van der Waals surface area (Å²) in [6, 6.07) is 9.82. The third-order valence-electron chi connectivity index (χ3n) is 3.23. The molecule has 2 nitrogen and oxygen atoms in total. The molecule has 1 aliphatic carbocycles. The molecule has 3 heteroatoms. The fourth-order valence-corrected chi connectivity index (χ4v) is 2.45. The highest BCUT2D eigenvalue weighted by atomic mass is 35.5. The topological polar surface area (TPSA) is 33.0 Å². The molecule has 0 spiro atoms. The second-order valence-electron chi connectivity index (χ2n) is 4.46. The van der Waals surface area contributed by atoms with Crippen LogP contribution in [0.5, 0.6) is 5.75 Å². The van der Waals surface area contributed by atoms with Gasteiger partial charge in [0.2, 0.25) is 0 Å². The van der Waals surface area contributed by atoms with Gasteiger partial charge in [-0.2, -0.15) is 5.26 Å². The van der Waals surface area contributed by atoms with E-state index in [2.05, 4.69) is 6.07 Å². The summed E-state index contributed by atoms with van der Waals surface area (Å²) >= 11 is 6.07. The lowest BCUT2D eigenvalue weighted by Crippen LogP contribution is -2.25. The van der Waals surface area contributed by atoms with Gasteiger partial charge < -0.3 is 4.74 Å². The molecule has 2 atom stereocenters. The number of hydrogen-bond donors (Lipinski definition) is 0. The summed E-state index contributed by atoms with van der Waals surface area (Å²) in [5, 5.41) is 9.79. The third-order valence-corrected chi connectivity index (χ3v) is 3.55. The zero-order valence-electron chi connectivity index (χ0n) is 9.73. The van der Waals surface area contributed by atoms with Crippen molar-refractivity contribution in [1.82, 2.24) is 0 Å². The molecule has 0 heterocycles. The monoisotopic (exact) mass is 249 g/mol. The quantitative estimate of drug-likeness (QED) is 0.737. The molecule has 0 N–H and O–H groups in total. The molecule has 1 fully saturated rings.